The monoisotopic (exact) mass is 379 g/mol. The highest BCUT2D eigenvalue weighted by Crippen LogP contribution is 2.32. The predicted molar refractivity (Wildman–Crippen MR) is 104 cm³/mol. The molecule has 1 unspecified atom stereocenters. The number of carbonyl (C=O) groups is 1. The van der Waals surface area contributed by atoms with E-state index in [1.54, 1.807) is 12.1 Å². The second kappa shape index (κ2) is 9.83. The number of nitrogens with one attached hydrogen (secondary N) is 1. The van der Waals surface area contributed by atoms with Crippen LogP contribution in [0.3, 0.4) is 0 Å². The first-order valence-corrected chi connectivity index (χ1v) is 9.76. The van der Waals surface area contributed by atoms with E-state index in [9.17, 15) is 9.18 Å². The summed E-state index contributed by atoms with van der Waals surface area (Å²) in [5, 5.41) is 3.40. The Morgan fingerprint density at radius 1 is 1.16 bits per heavy atom. The molecule has 0 saturated carbocycles. The number of hydrogen-bond donors (Lipinski definition) is 1. The van der Waals surface area contributed by atoms with Crippen molar-refractivity contribution in [3.63, 3.8) is 0 Å². The summed E-state index contributed by atoms with van der Waals surface area (Å²) in [7, 11) is 0. The second-order valence-electron chi connectivity index (χ2n) is 5.87. The Labute approximate surface area is 158 Å². The van der Waals surface area contributed by atoms with Gasteiger partial charge in [0.05, 0.1) is 10.3 Å². The Hall–Kier alpha value is -1.52. The number of halogens is 2. The summed E-state index contributed by atoms with van der Waals surface area (Å²) in [6, 6.07) is 12.2. The Bertz CT molecular complexity index is 705. The summed E-state index contributed by atoms with van der Waals surface area (Å²) in [4.78, 5) is 13.4. The minimum absolute atomic E-state index is 0.0365. The van der Waals surface area contributed by atoms with Gasteiger partial charge in [-0.3, -0.25) is 4.79 Å². The summed E-state index contributed by atoms with van der Waals surface area (Å²) < 4.78 is 12.9. The van der Waals surface area contributed by atoms with E-state index in [2.05, 4.69) is 18.3 Å². The van der Waals surface area contributed by atoms with E-state index >= 15 is 0 Å². The van der Waals surface area contributed by atoms with Crippen molar-refractivity contribution in [2.45, 2.75) is 49.8 Å². The van der Waals surface area contributed by atoms with Crippen LogP contribution in [0.4, 0.5) is 4.39 Å². The van der Waals surface area contributed by atoms with Gasteiger partial charge in [0.25, 0.3) is 0 Å². The molecular formula is C20H23ClFNOS. The van der Waals surface area contributed by atoms with E-state index in [1.807, 2.05) is 19.1 Å². The normalized spacial score (nSPS) is 12.0. The Morgan fingerprint density at radius 3 is 2.44 bits per heavy atom. The van der Waals surface area contributed by atoms with Crippen molar-refractivity contribution in [3.05, 3.63) is 64.4 Å². The van der Waals surface area contributed by atoms with Gasteiger partial charge in [0.1, 0.15) is 5.82 Å². The van der Waals surface area contributed by atoms with Crippen LogP contribution in [0, 0.1) is 5.82 Å². The number of amides is 1. The van der Waals surface area contributed by atoms with Gasteiger partial charge in [0.15, 0.2) is 0 Å². The molecule has 0 heterocycles. The van der Waals surface area contributed by atoms with Gasteiger partial charge in [-0.25, -0.2) is 4.39 Å². The van der Waals surface area contributed by atoms with Crippen LogP contribution < -0.4 is 5.32 Å². The van der Waals surface area contributed by atoms with E-state index in [0.717, 1.165) is 23.3 Å². The first kappa shape index (κ1) is 19.8. The lowest BCUT2D eigenvalue weighted by molar-refractivity contribution is -0.120. The van der Waals surface area contributed by atoms with Crippen LogP contribution in [0.1, 0.15) is 37.8 Å². The standard InChI is InChI=1S/C20H23ClFNOS/c1-3-5-14-8-11-19(17(21)12-14)25-18(4-2)20(24)23-13-15-6-9-16(22)10-7-15/h6-12,18H,3-5,13H2,1-2H3,(H,23,24). The molecule has 2 nitrogen and oxygen atoms in total. The van der Waals surface area contributed by atoms with Gasteiger partial charge in [-0.05, 0) is 48.2 Å². The SMILES string of the molecule is CCCc1ccc(SC(CC)C(=O)NCc2ccc(F)cc2)c(Cl)c1. The van der Waals surface area contributed by atoms with E-state index in [4.69, 9.17) is 11.6 Å². The fourth-order valence-corrected chi connectivity index (χ4v) is 3.78. The van der Waals surface area contributed by atoms with Gasteiger partial charge in [-0.15, -0.1) is 11.8 Å². The van der Waals surface area contributed by atoms with Crippen molar-refractivity contribution in [2.24, 2.45) is 0 Å². The number of carbonyl (C=O) groups excluding carboxylic acids is 1. The molecule has 2 rings (SSSR count). The highest BCUT2D eigenvalue weighted by atomic mass is 35.5. The van der Waals surface area contributed by atoms with Gasteiger partial charge in [0.2, 0.25) is 5.91 Å². The first-order valence-electron chi connectivity index (χ1n) is 8.50. The zero-order chi connectivity index (χ0) is 18.2. The fraction of sp³-hybridized carbons (Fsp3) is 0.350. The fourth-order valence-electron chi connectivity index (χ4n) is 2.46. The average Bonchev–Trinajstić information content (AvgIpc) is 2.60. The second-order valence-corrected chi connectivity index (χ2v) is 7.53. The predicted octanol–water partition coefficient (Wildman–Crippen LogP) is 5.62. The average molecular weight is 380 g/mol. The Kier molecular flexibility index (Phi) is 7.79. The lowest BCUT2D eigenvalue weighted by Crippen LogP contribution is -2.31. The third-order valence-electron chi connectivity index (χ3n) is 3.85. The maximum atomic E-state index is 12.9. The largest absolute Gasteiger partial charge is 0.351 e. The van der Waals surface area contributed by atoms with Crippen LogP contribution in [-0.4, -0.2) is 11.2 Å². The lowest BCUT2D eigenvalue weighted by Gasteiger charge is -2.16. The molecule has 0 aliphatic heterocycles. The molecule has 0 saturated heterocycles. The van der Waals surface area contributed by atoms with Crippen molar-refractivity contribution in [3.8, 4) is 0 Å². The first-order chi connectivity index (χ1) is 12.0. The smallest absolute Gasteiger partial charge is 0.233 e. The molecular weight excluding hydrogens is 357 g/mol. The molecule has 0 aliphatic rings. The molecule has 25 heavy (non-hydrogen) atoms. The third-order valence-corrected chi connectivity index (χ3v) is 5.71. The van der Waals surface area contributed by atoms with Crippen LogP contribution in [0.5, 0.6) is 0 Å². The van der Waals surface area contributed by atoms with Gasteiger partial charge in [0, 0.05) is 11.4 Å². The van der Waals surface area contributed by atoms with Gasteiger partial charge >= 0.3 is 0 Å². The van der Waals surface area contributed by atoms with Crippen LogP contribution in [0.2, 0.25) is 5.02 Å². The molecule has 2 aromatic rings. The van der Waals surface area contributed by atoms with Gasteiger partial charge in [-0.2, -0.15) is 0 Å². The molecule has 0 aliphatic carbocycles. The van der Waals surface area contributed by atoms with E-state index in [0.29, 0.717) is 18.0 Å². The number of benzene rings is 2. The molecule has 5 heteroatoms. The molecule has 1 N–H and O–H groups in total. The summed E-state index contributed by atoms with van der Waals surface area (Å²) in [6.45, 7) is 4.50. The van der Waals surface area contributed by atoms with E-state index < -0.39 is 0 Å². The topological polar surface area (TPSA) is 29.1 Å². The van der Waals surface area contributed by atoms with Crippen molar-refractivity contribution in [1.82, 2.24) is 5.32 Å². The third kappa shape index (κ3) is 6.05. The molecule has 0 bridgehead atoms. The van der Waals surface area contributed by atoms with Gasteiger partial charge in [-0.1, -0.05) is 50.1 Å². The zero-order valence-electron chi connectivity index (χ0n) is 14.5. The molecule has 2 aromatic carbocycles. The summed E-state index contributed by atoms with van der Waals surface area (Å²) >= 11 is 7.85. The van der Waals surface area contributed by atoms with Crippen molar-refractivity contribution in [1.29, 1.82) is 0 Å². The zero-order valence-corrected chi connectivity index (χ0v) is 16.1. The van der Waals surface area contributed by atoms with E-state index in [-0.39, 0.29) is 17.0 Å². The minimum atomic E-state index is -0.279. The number of aryl methyl sites for hydroxylation is 1. The molecule has 0 spiro atoms. The summed E-state index contributed by atoms with van der Waals surface area (Å²) in [5.74, 6) is -0.316. The Morgan fingerprint density at radius 2 is 1.84 bits per heavy atom. The van der Waals surface area contributed by atoms with Crippen LogP contribution >= 0.6 is 23.4 Å². The number of thioether (sulfide) groups is 1. The maximum absolute atomic E-state index is 12.9. The summed E-state index contributed by atoms with van der Waals surface area (Å²) in [6.07, 6.45) is 2.78. The molecule has 1 amide bonds. The van der Waals surface area contributed by atoms with Crippen molar-refractivity contribution in [2.75, 3.05) is 0 Å². The molecule has 0 fully saturated rings. The van der Waals surface area contributed by atoms with Crippen LogP contribution in [0.25, 0.3) is 0 Å². The molecule has 0 radical (unpaired) electrons. The highest BCUT2D eigenvalue weighted by Gasteiger charge is 2.19. The Balaban J connectivity index is 1.96. The maximum Gasteiger partial charge on any atom is 0.233 e. The summed E-state index contributed by atoms with van der Waals surface area (Å²) in [5.41, 5.74) is 2.09. The van der Waals surface area contributed by atoms with E-state index in [1.165, 1.54) is 29.5 Å². The molecule has 1 atom stereocenters. The highest BCUT2D eigenvalue weighted by molar-refractivity contribution is 8.00. The van der Waals surface area contributed by atoms with Crippen molar-refractivity contribution >= 4 is 29.3 Å². The van der Waals surface area contributed by atoms with Gasteiger partial charge < -0.3 is 5.32 Å². The lowest BCUT2D eigenvalue weighted by atomic mass is 10.1. The van der Waals surface area contributed by atoms with Crippen molar-refractivity contribution < 1.29 is 9.18 Å². The minimum Gasteiger partial charge on any atom is -0.351 e. The number of rotatable bonds is 8. The quantitative estimate of drug-likeness (QED) is 0.603. The number of hydrogen-bond acceptors (Lipinski definition) is 2. The van der Waals surface area contributed by atoms with Crippen LogP contribution in [-0.2, 0) is 17.8 Å². The molecule has 134 valence electrons. The molecule has 0 aromatic heterocycles. The van der Waals surface area contributed by atoms with Crippen LogP contribution in [0.15, 0.2) is 47.4 Å².